The van der Waals surface area contributed by atoms with Gasteiger partial charge >= 0.3 is 12.1 Å². The van der Waals surface area contributed by atoms with Crippen LogP contribution in [0.4, 0.5) is 4.79 Å². The fourth-order valence-corrected chi connectivity index (χ4v) is 3.73. The number of rotatable bonds is 10. The number of carbonyl (C=O) groups is 2. The Morgan fingerprint density at radius 1 is 1.09 bits per heavy atom. The number of fused-ring (bicyclic) bond motifs is 1. The van der Waals surface area contributed by atoms with Crippen molar-refractivity contribution >= 4 is 18.1 Å². The van der Waals surface area contributed by atoms with E-state index >= 15 is 0 Å². The van der Waals surface area contributed by atoms with Crippen LogP contribution in [0.15, 0.2) is 42.6 Å². The molecule has 2 aromatic rings. The van der Waals surface area contributed by atoms with E-state index in [4.69, 9.17) is 18.9 Å². The van der Waals surface area contributed by atoms with Gasteiger partial charge in [0, 0.05) is 19.5 Å². The molecule has 1 heterocycles. The highest BCUT2D eigenvalue weighted by Crippen LogP contribution is 2.40. The Balaban J connectivity index is 1.86. The van der Waals surface area contributed by atoms with Gasteiger partial charge in [-0.05, 0) is 60.4 Å². The van der Waals surface area contributed by atoms with Gasteiger partial charge in [-0.25, -0.2) is 4.79 Å². The van der Waals surface area contributed by atoms with Gasteiger partial charge in [-0.15, -0.1) is 0 Å². The maximum atomic E-state index is 12.0. The number of methoxy groups -OCH3 is 1. The maximum Gasteiger partial charge on any atom is 0.411 e. The molecule has 1 aliphatic rings. The number of carboxylic acid groups (broad SMARTS) is 1. The third-order valence-corrected chi connectivity index (χ3v) is 5.19. The topological polar surface area (TPSA) is 94.5 Å². The monoisotopic (exact) mass is 455 g/mol. The summed E-state index contributed by atoms with van der Waals surface area (Å²) in [4.78, 5) is 24.1. The molecule has 0 aromatic heterocycles. The fraction of sp³-hybridized carbons (Fsp3) is 0.360. The van der Waals surface area contributed by atoms with Crippen molar-refractivity contribution in [3.63, 3.8) is 0 Å². The lowest BCUT2D eigenvalue weighted by Gasteiger charge is -2.32. The number of amides is 1. The first-order valence-electron chi connectivity index (χ1n) is 10.8. The number of esters is 1. The highest BCUT2D eigenvalue weighted by Gasteiger charge is 2.30. The molecule has 0 saturated heterocycles. The molecule has 1 amide bonds. The molecule has 1 aliphatic heterocycles. The predicted octanol–water partition coefficient (Wildman–Crippen LogP) is 4.67. The number of hydrogen-bond donors (Lipinski definition) is 1. The summed E-state index contributed by atoms with van der Waals surface area (Å²) in [6.45, 7) is 4.47. The summed E-state index contributed by atoms with van der Waals surface area (Å²) in [5.41, 5.74) is 2.64. The van der Waals surface area contributed by atoms with Crippen LogP contribution < -0.4 is 14.2 Å². The Bertz CT molecular complexity index is 1020. The van der Waals surface area contributed by atoms with Crippen LogP contribution in [0.1, 0.15) is 43.0 Å². The van der Waals surface area contributed by atoms with Crippen LogP contribution in [-0.2, 0) is 16.0 Å². The molecule has 1 N–H and O–H groups in total. The minimum atomic E-state index is -1.03. The van der Waals surface area contributed by atoms with Crippen molar-refractivity contribution < 1.29 is 33.6 Å². The fourth-order valence-electron chi connectivity index (χ4n) is 3.73. The highest BCUT2D eigenvalue weighted by atomic mass is 16.5. The summed E-state index contributed by atoms with van der Waals surface area (Å²) in [5.74, 6) is 1.48. The van der Waals surface area contributed by atoms with Crippen LogP contribution in [-0.4, -0.2) is 49.0 Å². The van der Waals surface area contributed by atoms with Crippen LogP contribution in [0.25, 0.3) is 6.08 Å². The molecule has 8 nitrogen and oxygen atoms in total. The van der Waals surface area contributed by atoms with Crippen molar-refractivity contribution in [2.75, 3.05) is 26.9 Å². The van der Waals surface area contributed by atoms with Crippen molar-refractivity contribution in [1.82, 2.24) is 4.90 Å². The lowest BCUT2D eigenvalue weighted by molar-refractivity contribution is -0.141. The lowest BCUT2D eigenvalue weighted by atomic mass is 9.91. The molecule has 33 heavy (non-hydrogen) atoms. The van der Waals surface area contributed by atoms with Crippen molar-refractivity contribution in [2.45, 2.75) is 32.7 Å². The van der Waals surface area contributed by atoms with E-state index in [-0.39, 0.29) is 12.6 Å². The summed E-state index contributed by atoms with van der Waals surface area (Å²) < 4.78 is 21.9. The zero-order valence-corrected chi connectivity index (χ0v) is 19.1. The minimum absolute atomic E-state index is 0.277. The van der Waals surface area contributed by atoms with Gasteiger partial charge in [-0.3, -0.25) is 9.69 Å². The smallest absolute Gasteiger partial charge is 0.411 e. The predicted molar refractivity (Wildman–Crippen MR) is 123 cm³/mol. The molecule has 3 rings (SSSR count). The number of carbonyl (C=O) groups excluding carboxylic acids is 1. The largest absolute Gasteiger partial charge is 0.494 e. The summed E-state index contributed by atoms with van der Waals surface area (Å²) >= 11 is 0. The quantitative estimate of drug-likeness (QED) is 0.411. The molecule has 1 atom stereocenters. The van der Waals surface area contributed by atoms with Crippen LogP contribution in [0.5, 0.6) is 17.2 Å². The van der Waals surface area contributed by atoms with Gasteiger partial charge in [0.15, 0.2) is 11.5 Å². The first-order valence-corrected chi connectivity index (χ1v) is 10.8. The molecule has 1 unspecified atom stereocenters. The van der Waals surface area contributed by atoms with E-state index < -0.39 is 12.1 Å². The van der Waals surface area contributed by atoms with Gasteiger partial charge in [0.05, 0.1) is 33.0 Å². The van der Waals surface area contributed by atoms with E-state index in [2.05, 4.69) is 0 Å². The van der Waals surface area contributed by atoms with Crippen molar-refractivity contribution in [3.8, 4) is 17.2 Å². The summed E-state index contributed by atoms with van der Waals surface area (Å²) in [6, 6.07) is 10.9. The third-order valence-electron chi connectivity index (χ3n) is 5.19. The van der Waals surface area contributed by atoms with Crippen molar-refractivity contribution in [3.05, 3.63) is 59.3 Å². The second-order valence-electron chi connectivity index (χ2n) is 7.48. The van der Waals surface area contributed by atoms with E-state index in [9.17, 15) is 14.7 Å². The molecule has 0 spiro atoms. The second-order valence-corrected chi connectivity index (χ2v) is 7.48. The molecule has 2 aromatic carbocycles. The average Bonchev–Trinajstić information content (AvgIpc) is 2.78. The highest BCUT2D eigenvalue weighted by molar-refractivity contribution is 5.73. The van der Waals surface area contributed by atoms with Gasteiger partial charge < -0.3 is 24.1 Å². The average molecular weight is 456 g/mol. The third kappa shape index (κ3) is 6.19. The van der Waals surface area contributed by atoms with E-state index in [1.54, 1.807) is 19.4 Å². The van der Waals surface area contributed by atoms with Crippen LogP contribution in [0.3, 0.4) is 0 Å². The minimum Gasteiger partial charge on any atom is -0.494 e. The normalized spacial score (nSPS) is 14.4. The summed E-state index contributed by atoms with van der Waals surface area (Å²) in [7, 11) is 1.54. The zero-order valence-electron chi connectivity index (χ0n) is 19.1. The van der Waals surface area contributed by atoms with Gasteiger partial charge in [-0.2, -0.15) is 0 Å². The van der Waals surface area contributed by atoms with Crippen molar-refractivity contribution in [1.29, 1.82) is 0 Å². The number of benzene rings is 2. The first-order chi connectivity index (χ1) is 15.9. The van der Waals surface area contributed by atoms with E-state index in [0.29, 0.717) is 37.6 Å². The SMILES string of the molecule is CCOc1cccc(CC2c3cc(OC)c(OCCCOC(C)=O)cc3C=CN2C(=O)O)c1. The Labute approximate surface area is 193 Å². The van der Waals surface area contributed by atoms with Crippen LogP contribution in [0.2, 0.25) is 0 Å². The molecule has 0 bridgehead atoms. The van der Waals surface area contributed by atoms with Gasteiger partial charge in [0.25, 0.3) is 0 Å². The Morgan fingerprint density at radius 2 is 1.91 bits per heavy atom. The molecular weight excluding hydrogens is 426 g/mol. The molecule has 8 heteroatoms. The van der Waals surface area contributed by atoms with E-state index in [1.807, 2.05) is 43.3 Å². The molecule has 0 aliphatic carbocycles. The maximum absolute atomic E-state index is 12.0. The number of ether oxygens (including phenoxy) is 4. The Morgan fingerprint density at radius 3 is 2.61 bits per heavy atom. The molecule has 0 saturated carbocycles. The zero-order chi connectivity index (χ0) is 23.8. The molecule has 0 radical (unpaired) electrons. The number of nitrogens with zero attached hydrogens (tertiary/aromatic N) is 1. The molecule has 176 valence electrons. The van der Waals surface area contributed by atoms with Crippen LogP contribution >= 0.6 is 0 Å². The molecular formula is C25H29NO7. The molecule has 0 fully saturated rings. The standard InChI is InChI=1S/C25H29NO7/c1-4-31-20-8-5-7-18(13-20)14-22-21-16-23(30-3)24(33-12-6-11-32-17(2)27)15-19(21)9-10-26(22)25(28)29/h5,7-10,13,15-16,22H,4,6,11-12,14H2,1-3H3,(H,28,29). The van der Waals surface area contributed by atoms with Crippen molar-refractivity contribution in [2.24, 2.45) is 0 Å². The van der Waals surface area contributed by atoms with Gasteiger partial charge in [-0.1, -0.05) is 12.1 Å². The van der Waals surface area contributed by atoms with Crippen LogP contribution in [0, 0.1) is 0 Å². The Hall–Kier alpha value is -3.68. The summed E-state index contributed by atoms with van der Waals surface area (Å²) in [5, 5.41) is 9.80. The van der Waals surface area contributed by atoms with E-state index in [1.165, 1.54) is 11.8 Å². The Kier molecular flexibility index (Phi) is 8.18. The number of hydrogen-bond acceptors (Lipinski definition) is 6. The first kappa shape index (κ1) is 24.0. The summed E-state index contributed by atoms with van der Waals surface area (Å²) in [6.07, 6.45) is 3.30. The lowest BCUT2D eigenvalue weighted by Crippen LogP contribution is -2.32. The van der Waals surface area contributed by atoms with Gasteiger partial charge in [0.1, 0.15) is 5.75 Å². The van der Waals surface area contributed by atoms with E-state index in [0.717, 1.165) is 22.4 Å². The second kappa shape index (κ2) is 11.3. The van der Waals surface area contributed by atoms with Gasteiger partial charge in [0.2, 0.25) is 0 Å².